The highest BCUT2D eigenvalue weighted by Gasteiger charge is 2.23. The summed E-state index contributed by atoms with van der Waals surface area (Å²) in [6.45, 7) is 6.45. The van der Waals surface area contributed by atoms with Gasteiger partial charge < -0.3 is 0 Å². The van der Waals surface area contributed by atoms with E-state index < -0.39 is 0 Å². The molecule has 1 aliphatic carbocycles. The van der Waals surface area contributed by atoms with Crippen molar-refractivity contribution in [3.05, 3.63) is 22.2 Å². The molecule has 17 heavy (non-hydrogen) atoms. The summed E-state index contributed by atoms with van der Waals surface area (Å²) in [5.41, 5.74) is 2.15. The minimum atomic E-state index is 0.516. The van der Waals surface area contributed by atoms with Crippen molar-refractivity contribution in [2.75, 3.05) is 0 Å². The van der Waals surface area contributed by atoms with Crippen LogP contribution in [-0.2, 0) is 6.42 Å². The van der Waals surface area contributed by atoms with Crippen LogP contribution < -0.4 is 0 Å². The van der Waals surface area contributed by atoms with Crippen LogP contribution in [0.3, 0.4) is 0 Å². The molecule has 1 saturated carbocycles. The Morgan fingerprint density at radius 3 is 2.71 bits per heavy atom. The summed E-state index contributed by atoms with van der Waals surface area (Å²) in [7, 11) is 0. The number of aryl methyl sites for hydroxylation is 1. The average molecular weight is 253 g/mol. The van der Waals surface area contributed by atoms with Crippen molar-refractivity contribution in [1.29, 1.82) is 0 Å². The molecule has 2 atom stereocenters. The van der Waals surface area contributed by atoms with Crippen LogP contribution >= 0.6 is 11.6 Å². The highest BCUT2D eigenvalue weighted by atomic mass is 35.5. The lowest BCUT2D eigenvalue weighted by atomic mass is 9.82. The van der Waals surface area contributed by atoms with Crippen molar-refractivity contribution >= 4 is 11.6 Å². The van der Waals surface area contributed by atoms with Crippen molar-refractivity contribution in [2.45, 2.75) is 58.8 Å². The molecule has 0 radical (unpaired) electrons. The number of hydrogen-bond donors (Lipinski definition) is 0. The van der Waals surface area contributed by atoms with E-state index in [4.69, 9.17) is 16.6 Å². The third-order valence-corrected chi connectivity index (χ3v) is 4.21. The second-order valence-electron chi connectivity index (χ2n) is 5.27. The molecule has 1 aromatic rings. The molecular formula is C14H21ClN2. The summed E-state index contributed by atoms with van der Waals surface area (Å²) in [4.78, 5) is 9.21. The Kier molecular flexibility index (Phi) is 4.03. The molecule has 1 aromatic heterocycles. The van der Waals surface area contributed by atoms with E-state index in [9.17, 15) is 0 Å². The smallest absolute Gasteiger partial charge is 0.135 e. The van der Waals surface area contributed by atoms with Crippen molar-refractivity contribution < 1.29 is 0 Å². The van der Waals surface area contributed by atoms with Crippen LogP contribution in [0.4, 0.5) is 0 Å². The van der Waals surface area contributed by atoms with Gasteiger partial charge in [0.05, 0.1) is 0 Å². The summed E-state index contributed by atoms with van der Waals surface area (Å²) in [6.07, 6.45) is 6.00. The maximum Gasteiger partial charge on any atom is 0.135 e. The van der Waals surface area contributed by atoms with Crippen molar-refractivity contribution in [2.24, 2.45) is 5.92 Å². The van der Waals surface area contributed by atoms with Gasteiger partial charge in [0.15, 0.2) is 0 Å². The quantitative estimate of drug-likeness (QED) is 0.734. The van der Waals surface area contributed by atoms with E-state index in [0.717, 1.165) is 29.4 Å². The standard InChI is InChI=1S/C14H21ClN2/c1-4-12-10(3)13(15)17-14(16-12)11-7-5-6-9(2)8-11/h9,11H,4-8H2,1-3H3. The van der Waals surface area contributed by atoms with Gasteiger partial charge >= 0.3 is 0 Å². The zero-order valence-corrected chi connectivity index (χ0v) is 11.7. The first kappa shape index (κ1) is 12.8. The fourth-order valence-electron chi connectivity index (χ4n) is 2.75. The van der Waals surface area contributed by atoms with Crippen LogP contribution in [0.1, 0.15) is 62.5 Å². The van der Waals surface area contributed by atoms with E-state index in [-0.39, 0.29) is 0 Å². The second kappa shape index (κ2) is 5.34. The van der Waals surface area contributed by atoms with Crippen LogP contribution in [0.25, 0.3) is 0 Å². The third kappa shape index (κ3) is 2.79. The Bertz CT molecular complexity index is 403. The normalized spacial score (nSPS) is 24.9. The van der Waals surface area contributed by atoms with Gasteiger partial charge in [0, 0.05) is 17.2 Å². The van der Waals surface area contributed by atoms with Gasteiger partial charge in [-0.1, -0.05) is 38.3 Å². The topological polar surface area (TPSA) is 25.8 Å². The molecule has 0 spiro atoms. The highest BCUT2D eigenvalue weighted by Crippen LogP contribution is 2.35. The molecule has 1 heterocycles. The number of aromatic nitrogens is 2. The van der Waals surface area contributed by atoms with Crippen LogP contribution in [0.2, 0.25) is 5.15 Å². The van der Waals surface area contributed by atoms with Crippen molar-refractivity contribution in [3.63, 3.8) is 0 Å². The van der Waals surface area contributed by atoms with E-state index in [1.807, 2.05) is 6.92 Å². The number of rotatable bonds is 2. The maximum atomic E-state index is 6.20. The zero-order valence-electron chi connectivity index (χ0n) is 11.0. The van der Waals surface area contributed by atoms with E-state index >= 15 is 0 Å². The Hall–Kier alpha value is -0.630. The number of hydrogen-bond acceptors (Lipinski definition) is 2. The summed E-state index contributed by atoms with van der Waals surface area (Å²) in [5.74, 6) is 2.29. The molecular weight excluding hydrogens is 232 g/mol. The third-order valence-electron chi connectivity index (χ3n) is 3.84. The van der Waals surface area contributed by atoms with Crippen LogP contribution in [0.15, 0.2) is 0 Å². The summed E-state index contributed by atoms with van der Waals surface area (Å²) in [5, 5.41) is 0.644. The molecule has 0 aromatic carbocycles. The largest absolute Gasteiger partial charge is 0.237 e. The molecule has 0 amide bonds. The SMILES string of the molecule is CCc1nc(C2CCCC(C)C2)nc(Cl)c1C. The minimum absolute atomic E-state index is 0.516. The lowest BCUT2D eigenvalue weighted by Gasteiger charge is -2.26. The van der Waals surface area contributed by atoms with Gasteiger partial charge in [-0.3, -0.25) is 0 Å². The van der Waals surface area contributed by atoms with Gasteiger partial charge in [-0.05, 0) is 32.1 Å². The fraction of sp³-hybridized carbons (Fsp3) is 0.714. The molecule has 2 unspecified atom stereocenters. The Morgan fingerprint density at radius 1 is 1.29 bits per heavy atom. The van der Waals surface area contributed by atoms with Crippen molar-refractivity contribution in [1.82, 2.24) is 9.97 Å². The predicted octanol–water partition coefficient (Wildman–Crippen LogP) is 4.29. The molecule has 0 N–H and O–H groups in total. The molecule has 0 saturated heterocycles. The van der Waals surface area contributed by atoms with E-state index in [1.165, 1.54) is 25.7 Å². The van der Waals surface area contributed by atoms with Crippen molar-refractivity contribution in [3.8, 4) is 0 Å². The van der Waals surface area contributed by atoms with Gasteiger partial charge in [-0.25, -0.2) is 9.97 Å². The summed E-state index contributed by atoms with van der Waals surface area (Å²) < 4.78 is 0. The first-order chi connectivity index (χ1) is 8.11. The second-order valence-corrected chi connectivity index (χ2v) is 5.62. The van der Waals surface area contributed by atoms with Crippen LogP contribution in [-0.4, -0.2) is 9.97 Å². The van der Waals surface area contributed by atoms with Crippen LogP contribution in [0.5, 0.6) is 0 Å². The molecule has 1 aliphatic rings. The molecule has 94 valence electrons. The lowest BCUT2D eigenvalue weighted by Crippen LogP contribution is -2.15. The zero-order chi connectivity index (χ0) is 12.4. The first-order valence-electron chi connectivity index (χ1n) is 6.64. The van der Waals surface area contributed by atoms with Crippen LogP contribution in [0, 0.1) is 12.8 Å². The fourth-order valence-corrected chi connectivity index (χ4v) is 2.94. The predicted molar refractivity (Wildman–Crippen MR) is 71.5 cm³/mol. The monoisotopic (exact) mass is 252 g/mol. The summed E-state index contributed by atoms with van der Waals surface area (Å²) >= 11 is 6.20. The minimum Gasteiger partial charge on any atom is -0.237 e. The lowest BCUT2D eigenvalue weighted by molar-refractivity contribution is 0.334. The van der Waals surface area contributed by atoms with Gasteiger partial charge in [0.25, 0.3) is 0 Å². The average Bonchev–Trinajstić information content (AvgIpc) is 2.32. The Balaban J connectivity index is 2.29. The maximum absolute atomic E-state index is 6.20. The van der Waals surface area contributed by atoms with E-state index in [2.05, 4.69) is 18.8 Å². The Labute approximate surface area is 109 Å². The van der Waals surface area contributed by atoms with Gasteiger partial charge in [-0.2, -0.15) is 0 Å². The first-order valence-corrected chi connectivity index (χ1v) is 7.02. The van der Waals surface area contributed by atoms with Gasteiger partial charge in [-0.15, -0.1) is 0 Å². The van der Waals surface area contributed by atoms with E-state index in [0.29, 0.717) is 11.1 Å². The summed E-state index contributed by atoms with van der Waals surface area (Å²) in [6, 6.07) is 0. The molecule has 2 nitrogen and oxygen atoms in total. The number of nitrogens with zero attached hydrogens (tertiary/aromatic N) is 2. The van der Waals surface area contributed by atoms with E-state index in [1.54, 1.807) is 0 Å². The van der Waals surface area contributed by atoms with Gasteiger partial charge in [0.2, 0.25) is 0 Å². The molecule has 1 fully saturated rings. The molecule has 0 aliphatic heterocycles. The van der Waals surface area contributed by atoms with Gasteiger partial charge in [0.1, 0.15) is 11.0 Å². The number of halogens is 1. The highest BCUT2D eigenvalue weighted by molar-refractivity contribution is 6.30. The molecule has 2 rings (SSSR count). The molecule has 0 bridgehead atoms. The molecule has 3 heteroatoms. The Morgan fingerprint density at radius 2 is 2.06 bits per heavy atom.